The minimum Gasteiger partial charge on any atom is -0.348 e. The fourth-order valence-corrected chi connectivity index (χ4v) is 3.27. The van der Waals surface area contributed by atoms with Crippen LogP contribution in [0.1, 0.15) is 43.5 Å². The quantitative estimate of drug-likeness (QED) is 0.864. The van der Waals surface area contributed by atoms with Gasteiger partial charge in [-0.3, -0.25) is 4.79 Å². The molecule has 1 aromatic heterocycles. The predicted molar refractivity (Wildman–Crippen MR) is 70.8 cm³/mol. The molecule has 1 amide bonds. The van der Waals surface area contributed by atoms with Gasteiger partial charge < -0.3 is 11.1 Å². The zero-order chi connectivity index (χ0) is 12.3. The maximum Gasteiger partial charge on any atom is 0.227 e. The first-order valence-electron chi connectivity index (χ1n) is 6.22. The van der Waals surface area contributed by atoms with E-state index in [1.807, 2.05) is 18.4 Å². The number of rotatable bonds is 4. The summed E-state index contributed by atoms with van der Waals surface area (Å²) in [5.74, 6) is 0.137. The van der Waals surface area contributed by atoms with E-state index in [2.05, 4.69) is 11.4 Å². The van der Waals surface area contributed by atoms with Gasteiger partial charge in [0.1, 0.15) is 0 Å². The van der Waals surface area contributed by atoms with Crippen molar-refractivity contribution in [3.05, 3.63) is 22.4 Å². The number of hydrogen-bond acceptors (Lipinski definition) is 3. The Morgan fingerprint density at radius 1 is 1.59 bits per heavy atom. The first kappa shape index (κ1) is 12.6. The second-order valence-electron chi connectivity index (χ2n) is 4.90. The summed E-state index contributed by atoms with van der Waals surface area (Å²) < 4.78 is 0. The molecule has 94 valence electrons. The lowest BCUT2D eigenvalue weighted by Crippen LogP contribution is -2.44. The van der Waals surface area contributed by atoms with Crippen LogP contribution in [0.3, 0.4) is 0 Å². The lowest BCUT2D eigenvalue weighted by molar-refractivity contribution is -0.131. The minimum absolute atomic E-state index is 0.0894. The lowest BCUT2D eigenvalue weighted by Gasteiger charge is -2.27. The molecule has 1 saturated carbocycles. The number of carbonyl (C=O) groups is 1. The van der Waals surface area contributed by atoms with Gasteiger partial charge in [-0.25, -0.2) is 0 Å². The number of nitrogens with two attached hydrogens (primary N) is 1. The Hall–Kier alpha value is -0.870. The van der Waals surface area contributed by atoms with Crippen LogP contribution in [0.5, 0.6) is 0 Å². The standard InChI is InChI=1S/C13H20N2OS/c1-10(11-5-4-8-17-11)15-12(16)13(9-14)6-2-3-7-13/h4-5,8,10H,2-3,6-7,9,14H2,1H3,(H,15,16)/t10-/m0/s1. The maximum absolute atomic E-state index is 12.3. The largest absolute Gasteiger partial charge is 0.348 e. The van der Waals surface area contributed by atoms with Gasteiger partial charge >= 0.3 is 0 Å². The van der Waals surface area contributed by atoms with Crippen LogP contribution in [0.15, 0.2) is 17.5 Å². The highest BCUT2D eigenvalue weighted by Crippen LogP contribution is 2.37. The van der Waals surface area contributed by atoms with Crippen LogP contribution < -0.4 is 11.1 Å². The molecular weight excluding hydrogens is 232 g/mol. The molecule has 1 fully saturated rings. The van der Waals surface area contributed by atoms with Crippen LogP contribution in [0.2, 0.25) is 0 Å². The minimum atomic E-state index is -0.300. The summed E-state index contributed by atoms with van der Waals surface area (Å²) in [6, 6.07) is 4.16. The summed E-state index contributed by atoms with van der Waals surface area (Å²) in [4.78, 5) is 13.5. The molecule has 0 spiro atoms. The third-order valence-corrected chi connectivity index (χ3v) is 4.81. The molecule has 4 heteroatoms. The Bertz CT molecular complexity index is 369. The first-order valence-corrected chi connectivity index (χ1v) is 7.10. The van der Waals surface area contributed by atoms with Crippen molar-refractivity contribution >= 4 is 17.2 Å². The van der Waals surface area contributed by atoms with Crippen molar-refractivity contribution in [2.45, 2.75) is 38.6 Å². The molecule has 1 aromatic rings. The number of amides is 1. The summed E-state index contributed by atoms with van der Waals surface area (Å²) in [5, 5.41) is 5.14. The highest BCUT2D eigenvalue weighted by molar-refractivity contribution is 7.10. The molecule has 0 aliphatic heterocycles. The van der Waals surface area contributed by atoms with Crippen molar-refractivity contribution in [3.8, 4) is 0 Å². The fraction of sp³-hybridized carbons (Fsp3) is 0.615. The van der Waals surface area contributed by atoms with E-state index in [4.69, 9.17) is 5.73 Å². The topological polar surface area (TPSA) is 55.1 Å². The van der Waals surface area contributed by atoms with E-state index < -0.39 is 0 Å². The maximum atomic E-state index is 12.3. The SMILES string of the molecule is C[C@H](NC(=O)C1(CN)CCCC1)c1cccs1. The molecule has 3 nitrogen and oxygen atoms in total. The average Bonchev–Trinajstić information content (AvgIpc) is 3.01. The van der Waals surface area contributed by atoms with Gasteiger partial charge in [0.25, 0.3) is 0 Å². The molecule has 0 bridgehead atoms. The number of nitrogens with one attached hydrogen (secondary N) is 1. The van der Waals surface area contributed by atoms with Crippen LogP contribution in [0.4, 0.5) is 0 Å². The summed E-state index contributed by atoms with van der Waals surface area (Å²) in [5.41, 5.74) is 5.51. The third kappa shape index (κ3) is 2.53. The number of thiophene rings is 1. The summed E-state index contributed by atoms with van der Waals surface area (Å²) in [6.45, 7) is 2.50. The van der Waals surface area contributed by atoms with E-state index in [9.17, 15) is 4.79 Å². The molecule has 2 rings (SSSR count). The Labute approximate surface area is 106 Å². The van der Waals surface area contributed by atoms with Gasteiger partial charge in [0.2, 0.25) is 5.91 Å². The molecular formula is C13H20N2OS. The van der Waals surface area contributed by atoms with Gasteiger partial charge in [0.05, 0.1) is 11.5 Å². The fourth-order valence-electron chi connectivity index (χ4n) is 2.53. The van der Waals surface area contributed by atoms with E-state index in [1.165, 1.54) is 4.88 Å². The molecule has 0 aromatic carbocycles. The molecule has 0 unspecified atom stereocenters. The monoisotopic (exact) mass is 252 g/mol. The van der Waals surface area contributed by atoms with Gasteiger partial charge in [-0.15, -0.1) is 11.3 Å². The molecule has 1 aliphatic rings. The molecule has 17 heavy (non-hydrogen) atoms. The zero-order valence-electron chi connectivity index (χ0n) is 10.2. The Balaban J connectivity index is 2.01. The van der Waals surface area contributed by atoms with E-state index in [0.717, 1.165) is 25.7 Å². The van der Waals surface area contributed by atoms with Crippen molar-refractivity contribution in [1.29, 1.82) is 0 Å². The predicted octanol–water partition coefficient (Wildman–Crippen LogP) is 2.44. The van der Waals surface area contributed by atoms with Crippen LogP contribution in [0.25, 0.3) is 0 Å². The molecule has 1 aliphatic carbocycles. The second kappa shape index (κ2) is 5.19. The Morgan fingerprint density at radius 3 is 2.82 bits per heavy atom. The molecule has 1 atom stereocenters. The van der Waals surface area contributed by atoms with Crippen molar-refractivity contribution in [3.63, 3.8) is 0 Å². The van der Waals surface area contributed by atoms with E-state index in [1.54, 1.807) is 11.3 Å². The van der Waals surface area contributed by atoms with Gasteiger partial charge in [-0.05, 0) is 31.2 Å². The van der Waals surface area contributed by atoms with E-state index >= 15 is 0 Å². The van der Waals surface area contributed by atoms with Gasteiger partial charge in [-0.1, -0.05) is 18.9 Å². The number of hydrogen-bond donors (Lipinski definition) is 2. The first-order chi connectivity index (χ1) is 8.18. The highest BCUT2D eigenvalue weighted by atomic mass is 32.1. The normalized spacial score (nSPS) is 20.1. The molecule has 1 heterocycles. The summed E-state index contributed by atoms with van der Waals surface area (Å²) >= 11 is 1.68. The molecule has 0 radical (unpaired) electrons. The van der Waals surface area contributed by atoms with Gasteiger partial charge in [0, 0.05) is 11.4 Å². The van der Waals surface area contributed by atoms with E-state index in [-0.39, 0.29) is 17.4 Å². The molecule has 3 N–H and O–H groups in total. The van der Waals surface area contributed by atoms with Crippen LogP contribution in [0, 0.1) is 5.41 Å². The van der Waals surface area contributed by atoms with Crippen molar-refractivity contribution < 1.29 is 4.79 Å². The summed E-state index contributed by atoms with van der Waals surface area (Å²) in [7, 11) is 0. The molecule has 0 saturated heterocycles. The average molecular weight is 252 g/mol. The van der Waals surface area contributed by atoms with Crippen LogP contribution in [-0.2, 0) is 4.79 Å². The number of carbonyl (C=O) groups excluding carboxylic acids is 1. The van der Waals surface area contributed by atoms with Crippen molar-refractivity contribution in [2.75, 3.05) is 6.54 Å². The van der Waals surface area contributed by atoms with Gasteiger partial charge in [-0.2, -0.15) is 0 Å². The van der Waals surface area contributed by atoms with Crippen molar-refractivity contribution in [2.24, 2.45) is 11.1 Å². The van der Waals surface area contributed by atoms with Crippen LogP contribution in [-0.4, -0.2) is 12.5 Å². The Morgan fingerprint density at radius 2 is 2.29 bits per heavy atom. The van der Waals surface area contributed by atoms with Gasteiger partial charge in [0.15, 0.2) is 0 Å². The second-order valence-corrected chi connectivity index (χ2v) is 5.88. The zero-order valence-corrected chi connectivity index (χ0v) is 11.1. The Kier molecular flexibility index (Phi) is 3.84. The van der Waals surface area contributed by atoms with Crippen molar-refractivity contribution in [1.82, 2.24) is 5.32 Å². The highest BCUT2D eigenvalue weighted by Gasteiger charge is 2.40. The van der Waals surface area contributed by atoms with Crippen LogP contribution >= 0.6 is 11.3 Å². The lowest BCUT2D eigenvalue weighted by atomic mass is 9.85. The smallest absolute Gasteiger partial charge is 0.227 e. The third-order valence-electron chi connectivity index (χ3n) is 3.75. The van der Waals surface area contributed by atoms with E-state index in [0.29, 0.717) is 6.54 Å². The summed E-state index contributed by atoms with van der Waals surface area (Å²) in [6.07, 6.45) is 4.12.